The van der Waals surface area contributed by atoms with Crippen molar-refractivity contribution in [2.45, 2.75) is 0 Å². The molecule has 0 fully saturated rings. The summed E-state index contributed by atoms with van der Waals surface area (Å²) in [5, 5.41) is 2.46. The van der Waals surface area contributed by atoms with Crippen LogP contribution in [0.25, 0.3) is 52.2 Å². The molecule has 0 saturated heterocycles. The Kier molecular flexibility index (Phi) is 10.0. The molecule has 0 bridgehead atoms. The zero-order chi connectivity index (χ0) is 39.0. The molecule has 0 spiro atoms. The number of benzene rings is 8. The molecule has 10 rings (SSSR count). The molecule has 10 aromatic rings. The Hall–Kier alpha value is -5.76. The molecule has 58 heavy (non-hydrogen) atoms. The number of nitrogens with zero attached hydrogens (tertiary/aromatic N) is 2. The summed E-state index contributed by atoms with van der Waals surface area (Å²) >= 11 is 11.6. The lowest BCUT2D eigenvalue weighted by Gasteiger charge is -2.25. The molecular formula is C52H34Br2N2S2. The number of halogens is 2. The Labute approximate surface area is 363 Å². The summed E-state index contributed by atoms with van der Waals surface area (Å²) in [6, 6.07) is 73.8. The third-order valence-electron chi connectivity index (χ3n) is 10.4. The van der Waals surface area contributed by atoms with Crippen molar-refractivity contribution < 1.29 is 0 Å². The van der Waals surface area contributed by atoms with Crippen LogP contribution in [0.1, 0.15) is 0 Å². The average molecular weight is 911 g/mol. The predicted molar refractivity (Wildman–Crippen MR) is 258 cm³/mol. The van der Waals surface area contributed by atoms with Gasteiger partial charge in [0.25, 0.3) is 0 Å². The minimum atomic E-state index is 1.08. The van der Waals surface area contributed by atoms with Crippen LogP contribution < -0.4 is 9.80 Å². The van der Waals surface area contributed by atoms with Gasteiger partial charge in [-0.25, -0.2) is 0 Å². The third kappa shape index (κ3) is 7.18. The highest BCUT2D eigenvalue weighted by Gasteiger charge is 2.17. The minimum absolute atomic E-state index is 1.08. The van der Waals surface area contributed by atoms with E-state index in [1.54, 1.807) is 0 Å². The van der Waals surface area contributed by atoms with Gasteiger partial charge >= 0.3 is 0 Å². The van der Waals surface area contributed by atoms with Gasteiger partial charge in [0.15, 0.2) is 0 Å². The van der Waals surface area contributed by atoms with Crippen molar-refractivity contribution in [2.75, 3.05) is 9.80 Å². The smallest absolute Gasteiger partial charge is 0.0462 e. The highest BCUT2D eigenvalue weighted by Crippen LogP contribution is 2.45. The second-order valence-corrected chi connectivity index (χ2v) is 17.9. The van der Waals surface area contributed by atoms with Crippen LogP contribution >= 0.6 is 54.5 Å². The van der Waals surface area contributed by atoms with Crippen LogP contribution in [0.3, 0.4) is 0 Å². The van der Waals surface area contributed by atoms with Gasteiger partial charge in [0.05, 0.1) is 0 Å². The van der Waals surface area contributed by atoms with Crippen molar-refractivity contribution in [3.8, 4) is 32.0 Å². The molecule has 2 aromatic heterocycles. The first-order valence-electron chi connectivity index (χ1n) is 19.0. The van der Waals surface area contributed by atoms with Crippen LogP contribution in [0.2, 0.25) is 0 Å². The fourth-order valence-corrected chi connectivity index (χ4v) is 10.9. The number of anilines is 6. The van der Waals surface area contributed by atoms with E-state index in [0.29, 0.717) is 0 Å². The van der Waals surface area contributed by atoms with Gasteiger partial charge in [-0.1, -0.05) is 129 Å². The lowest BCUT2D eigenvalue weighted by Crippen LogP contribution is -2.09. The zero-order valence-corrected chi connectivity index (χ0v) is 35.9. The first-order chi connectivity index (χ1) is 28.6. The predicted octanol–water partition coefficient (Wildman–Crippen LogP) is 17.6. The van der Waals surface area contributed by atoms with E-state index in [4.69, 9.17) is 0 Å². The molecule has 0 N–H and O–H groups in total. The van der Waals surface area contributed by atoms with Gasteiger partial charge in [-0.2, -0.15) is 0 Å². The highest BCUT2D eigenvalue weighted by molar-refractivity contribution is 9.11. The number of para-hydroxylation sites is 4. The Balaban J connectivity index is 0.938. The largest absolute Gasteiger partial charge is 0.311 e. The summed E-state index contributed by atoms with van der Waals surface area (Å²) in [6.45, 7) is 0. The van der Waals surface area contributed by atoms with Gasteiger partial charge in [-0.05, 0) is 142 Å². The first kappa shape index (κ1) is 36.6. The van der Waals surface area contributed by atoms with Crippen molar-refractivity contribution in [3.05, 3.63) is 215 Å². The third-order valence-corrected chi connectivity index (χ3v) is 14.0. The number of hydrogen-bond donors (Lipinski definition) is 0. The average Bonchev–Trinajstić information content (AvgIpc) is 3.89. The van der Waals surface area contributed by atoms with Crippen LogP contribution in [0.15, 0.2) is 215 Å². The minimum Gasteiger partial charge on any atom is -0.311 e. The number of fused-ring (bicyclic) bond motifs is 2. The van der Waals surface area contributed by atoms with E-state index in [1.807, 2.05) is 22.7 Å². The molecule has 0 atom stereocenters. The van der Waals surface area contributed by atoms with Crippen LogP contribution in [-0.4, -0.2) is 0 Å². The first-order valence-corrected chi connectivity index (χ1v) is 22.3. The summed E-state index contributed by atoms with van der Waals surface area (Å²) in [4.78, 5) is 7.09. The SMILES string of the molecule is Brc1cc2cc(-c3ccc(N(c4ccccc4)c4ccccc4)cc3)sc2cc1-c1cc2sc(-c3ccc(N(c4ccccc4)c4ccccc4)cc3)cc2cc1Br. The molecule has 6 heteroatoms. The fourth-order valence-electron chi connectivity index (χ4n) is 7.57. The van der Waals surface area contributed by atoms with Gasteiger partial charge in [-0.15, -0.1) is 22.7 Å². The molecule has 8 aromatic carbocycles. The molecule has 2 heterocycles. The lowest BCUT2D eigenvalue weighted by molar-refractivity contribution is 1.28. The molecule has 0 amide bonds. The zero-order valence-electron chi connectivity index (χ0n) is 31.1. The van der Waals surface area contributed by atoms with E-state index in [-0.39, 0.29) is 0 Å². The summed E-state index contributed by atoms with van der Waals surface area (Å²) in [5.74, 6) is 0. The van der Waals surface area contributed by atoms with Crippen LogP contribution in [0.5, 0.6) is 0 Å². The monoisotopic (exact) mass is 908 g/mol. The van der Waals surface area contributed by atoms with Crippen LogP contribution in [0.4, 0.5) is 34.1 Å². The maximum atomic E-state index is 3.96. The highest BCUT2D eigenvalue weighted by atomic mass is 79.9. The summed E-state index contributed by atoms with van der Waals surface area (Å²) in [7, 11) is 0. The number of hydrogen-bond acceptors (Lipinski definition) is 4. The summed E-state index contributed by atoms with van der Waals surface area (Å²) in [6.07, 6.45) is 0. The molecule has 0 aliphatic heterocycles. The Bertz CT molecular complexity index is 2710. The quantitative estimate of drug-likeness (QED) is 0.142. The normalized spacial score (nSPS) is 11.3. The summed E-state index contributed by atoms with van der Waals surface area (Å²) < 4.78 is 4.67. The van der Waals surface area contributed by atoms with Crippen molar-refractivity contribution in [3.63, 3.8) is 0 Å². The van der Waals surface area contributed by atoms with E-state index in [2.05, 4.69) is 248 Å². The van der Waals surface area contributed by atoms with Crippen molar-refractivity contribution in [2.24, 2.45) is 0 Å². The van der Waals surface area contributed by atoms with Gasteiger partial charge < -0.3 is 9.80 Å². The Morgan fingerprint density at radius 1 is 0.310 bits per heavy atom. The molecule has 0 radical (unpaired) electrons. The molecular weight excluding hydrogens is 877 g/mol. The van der Waals surface area contributed by atoms with Crippen LogP contribution in [-0.2, 0) is 0 Å². The van der Waals surface area contributed by atoms with Crippen molar-refractivity contribution >= 4 is 109 Å². The van der Waals surface area contributed by atoms with E-state index < -0.39 is 0 Å². The second kappa shape index (κ2) is 15.9. The summed E-state index contributed by atoms with van der Waals surface area (Å²) in [5.41, 5.74) is 11.5. The van der Waals surface area contributed by atoms with Crippen molar-refractivity contribution in [1.82, 2.24) is 0 Å². The Morgan fingerprint density at radius 2 is 0.603 bits per heavy atom. The Morgan fingerprint density at radius 3 is 0.914 bits per heavy atom. The molecule has 0 aliphatic rings. The maximum Gasteiger partial charge on any atom is 0.0462 e. The van der Waals surface area contributed by atoms with E-state index in [1.165, 1.54) is 52.2 Å². The van der Waals surface area contributed by atoms with E-state index in [9.17, 15) is 0 Å². The van der Waals surface area contributed by atoms with Gasteiger partial charge in [-0.3, -0.25) is 0 Å². The van der Waals surface area contributed by atoms with Crippen LogP contribution in [0, 0.1) is 0 Å². The molecule has 0 aliphatic carbocycles. The standard InChI is InChI=1S/C52H34Br2N2S2/c53-47-29-37-31-49(35-21-25-43(26-22-35)55(39-13-5-1-6-14-39)40-15-7-2-8-16-40)57-51(37)33-45(47)46-34-52-38(30-48(46)54)32-50(58-52)36-23-27-44(28-24-36)56(41-17-9-3-10-18-41)42-19-11-4-12-20-42/h1-34H. The molecule has 0 saturated carbocycles. The fraction of sp³-hybridized carbons (Fsp3) is 0. The van der Waals surface area contributed by atoms with E-state index in [0.717, 1.165) is 43.1 Å². The maximum absolute atomic E-state index is 3.96. The van der Waals surface area contributed by atoms with Gasteiger partial charge in [0.1, 0.15) is 0 Å². The molecule has 2 nitrogen and oxygen atoms in total. The molecule has 278 valence electrons. The number of rotatable bonds is 9. The lowest BCUT2D eigenvalue weighted by atomic mass is 10.0. The second-order valence-electron chi connectivity index (χ2n) is 14.1. The number of thiophene rings is 2. The van der Waals surface area contributed by atoms with Gasteiger partial charge in [0.2, 0.25) is 0 Å². The van der Waals surface area contributed by atoms with E-state index >= 15 is 0 Å². The van der Waals surface area contributed by atoms with Gasteiger partial charge in [0, 0.05) is 62.2 Å². The molecule has 0 unspecified atom stereocenters. The van der Waals surface area contributed by atoms with Crippen molar-refractivity contribution in [1.29, 1.82) is 0 Å². The topological polar surface area (TPSA) is 6.48 Å².